The van der Waals surface area contributed by atoms with Gasteiger partial charge in [0.15, 0.2) is 0 Å². The predicted molar refractivity (Wildman–Crippen MR) is 84.7 cm³/mol. The van der Waals surface area contributed by atoms with Gasteiger partial charge in [0.1, 0.15) is 0 Å². The predicted octanol–water partition coefficient (Wildman–Crippen LogP) is 3.30. The molecule has 2 rings (SSSR count). The molecule has 0 heterocycles. The Hall–Kier alpha value is -1.35. The van der Waals surface area contributed by atoms with E-state index in [4.69, 9.17) is 0 Å². The summed E-state index contributed by atoms with van der Waals surface area (Å²) < 4.78 is 0. The summed E-state index contributed by atoms with van der Waals surface area (Å²) in [5, 5.41) is 13.1. The highest BCUT2D eigenvalue weighted by atomic mass is 16.3. The van der Waals surface area contributed by atoms with Gasteiger partial charge in [-0.2, -0.15) is 0 Å². The van der Waals surface area contributed by atoms with Crippen LogP contribution in [-0.4, -0.2) is 17.6 Å². The minimum absolute atomic E-state index is 0.0363. The zero-order chi connectivity index (χ0) is 15.5. The summed E-state index contributed by atoms with van der Waals surface area (Å²) in [6.07, 6.45) is 2.77. The largest absolute Gasteiger partial charge is 0.387 e. The van der Waals surface area contributed by atoms with Crippen LogP contribution < -0.4 is 5.32 Å². The van der Waals surface area contributed by atoms with Gasteiger partial charge in [-0.25, -0.2) is 0 Å². The topological polar surface area (TPSA) is 49.3 Å². The molecule has 2 N–H and O–H groups in total. The van der Waals surface area contributed by atoms with Crippen molar-refractivity contribution in [1.29, 1.82) is 0 Å². The number of aliphatic hydroxyl groups excluding tert-OH is 1. The number of benzene rings is 1. The van der Waals surface area contributed by atoms with Crippen molar-refractivity contribution in [2.45, 2.75) is 46.1 Å². The van der Waals surface area contributed by atoms with Crippen LogP contribution in [0.15, 0.2) is 30.3 Å². The van der Waals surface area contributed by atoms with Crippen molar-refractivity contribution in [2.24, 2.45) is 17.3 Å². The Balaban J connectivity index is 1.95. The summed E-state index contributed by atoms with van der Waals surface area (Å²) >= 11 is 0. The summed E-state index contributed by atoms with van der Waals surface area (Å²) in [6, 6.07) is 9.47. The molecule has 0 unspecified atom stereocenters. The molecule has 0 aromatic heterocycles. The van der Waals surface area contributed by atoms with Gasteiger partial charge in [0, 0.05) is 12.5 Å². The Bertz CT molecular complexity index is 469. The van der Waals surface area contributed by atoms with Crippen LogP contribution >= 0.6 is 0 Å². The Kier molecular flexibility index (Phi) is 5.04. The summed E-state index contributed by atoms with van der Waals surface area (Å²) in [4.78, 5) is 12.5. The summed E-state index contributed by atoms with van der Waals surface area (Å²) in [6.45, 7) is 6.81. The van der Waals surface area contributed by atoms with Crippen LogP contribution in [0.4, 0.5) is 0 Å². The molecule has 3 heteroatoms. The Morgan fingerprint density at radius 2 is 2.05 bits per heavy atom. The lowest BCUT2D eigenvalue weighted by atomic mass is 9.64. The second-order valence-corrected chi connectivity index (χ2v) is 7.01. The summed E-state index contributed by atoms with van der Waals surface area (Å²) in [5.41, 5.74) is 0.883. The normalized spacial score (nSPS) is 26.1. The number of aliphatic hydroxyl groups is 1. The molecular weight excluding hydrogens is 262 g/mol. The maximum absolute atomic E-state index is 12.5. The number of rotatable bonds is 4. The lowest BCUT2D eigenvalue weighted by molar-refractivity contribution is -0.133. The highest BCUT2D eigenvalue weighted by Crippen LogP contribution is 2.43. The molecule has 0 bridgehead atoms. The van der Waals surface area contributed by atoms with Crippen molar-refractivity contribution in [3.8, 4) is 0 Å². The molecule has 0 spiro atoms. The average molecular weight is 289 g/mol. The van der Waals surface area contributed by atoms with E-state index in [1.165, 1.54) is 6.42 Å². The molecule has 0 saturated heterocycles. The number of hydrogen-bond acceptors (Lipinski definition) is 2. The van der Waals surface area contributed by atoms with E-state index in [1.807, 2.05) is 30.3 Å². The molecule has 0 aliphatic heterocycles. The highest BCUT2D eigenvalue weighted by Gasteiger charge is 2.41. The number of carbonyl (C=O) groups excluding carboxylic acids is 1. The van der Waals surface area contributed by atoms with Crippen molar-refractivity contribution in [3.63, 3.8) is 0 Å². The van der Waals surface area contributed by atoms with Gasteiger partial charge in [-0.3, -0.25) is 4.79 Å². The standard InChI is InChI=1S/C18H27NO2/c1-13-8-7-11-18(2,3)16(13)17(21)19-12-15(20)14-9-5-4-6-10-14/h4-6,9-10,13,15-16,20H,7-8,11-12H2,1-3H3,(H,19,21)/t13-,15-,16-/m0/s1. The van der Waals surface area contributed by atoms with Gasteiger partial charge in [-0.1, -0.05) is 57.5 Å². The highest BCUT2D eigenvalue weighted by molar-refractivity contribution is 5.79. The second kappa shape index (κ2) is 6.61. The molecule has 1 aromatic rings. The van der Waals surface area contributed by atoms with E-state index in [9.17, 15) is 9.90 Å². The van der Waals surface area contributed by atoms with E-state index in [2.05, 4.69) is 26.1 Å². The van der Waals surface area contributed by atoms with Crippen molar-refractivity contribution in [1.82, 2.24) is 5.32 Å². The van der Waals surface area contributed by atoms with Crippen molar-refractivity contribution in [3.05, 3.63) is 35.9 Å². The first-order valence-electron chi connectivity index (χ1n) is 7.92. The van der Waals surface area contributed by atoms with Crippen LogP contribution in [0, 0.1) is 17.3 Å². The Morgan fingerprint density at radius 1 is 1.38 bits per heavy atom. The van der Waals surface area contributed by atoms with Crippen LogP contribution in [-0.2, 0) is 4.79 Å². The lowest BCUT2D eigenvalue weighted by Crippen LogP contribution is -2.45. The maximum atomic E-state index is 12.5. The fourth-order valence-corrected chi connectivity index (χ4v) is 3.69. The van der Waals surface area contributed by atoms with Crippen LogP contribution in [0.5, 0.6) is 0 Å². The first kappa shape index (κ1) is 16.0. The van der Waals surface area contributed by atoms with Crippen LogP contribution in [0.1, 0.15) is 51.7 Å². The molecule has 1 saturated carbocycles. The van der Waals surface area contributed by atoms with E-state index in [0.717, 1.165) is 18.4 Å². The molecule has 1 amide bonds. The van der Waals surface area contributed by atoms with Gasteiger partial charge in [0.25, 0.3) is 0 Å². The van der Waals surface area contributed by atoms with E-state index in [-0.39, 0.29) is 23.8 Å². The van der Waals surface area contributed by atoms with Crippen LogP contribution in [0.2, 0.25) is 0 Å². The molecule has 21 heavy (non-hydrogen) atoms. The van der Waals surface area contributed by atoms with E-state index < -0.39 is 6.10 Å². The van der Waals surface area contributed by atoms with Gasteiger partial charge in [-0.05, 0) is 29.7 Å². The van der Waals surface area contributed by atoms with Crippen molar-refractivity contribution >= 4 is 5.91 Å². The average Bonchev–Trinajstić information content (AvgIpc) is 2.44. The minimum atomic E-state index is -0.642. The molecule has 3 atom stereocenters. The molecular formula is C18H27NO2. The number of hydrogen-bond donors (Lipinski definition) is 2. The third-order valence-corrected chi connectivity index (χ3v) is 4.83. The van der Waals surface area contributed by atoms with E-state index in [0.29, 0.717) is 5.92 Å². The summed E-state index contributed by atoms with van der Waals surface area (Å²) in [7, 11) is 0. The van der Waals surface area contributed by atoms with Crippen LogP contribution in [0.3, 0.4) is 0 Å². The quantitative estimate of drug-likeness (QED) is 0.893. The monoisotopic (exact) mass is 289 g/mol. The SMILES string of the molecule is C[C@H]1CCCC(C)(C)[C@@H]1C(=O)NC[C@H](O)c1ccccc1. The van der Waals surface area contributed by atoms with Gasteiger partial charge < -0.3 is 10.4 Å². The third kappa shape index (κ3) is 3.85. The van der Waals surface area contributed by atoms with Gasteiger partial charge in [-0.15, -0.1) is 0 Å². The molecule has 0 radical (unpaired) electrons. The van der Waals surface area contributed by atoms with Gasteiger partial charge >= 0.3 is 0 Å². The third-order valence-electron chi connectivity index (χ3n) is 4.83. The minimum Gasteiger partial charge on any atom is -0.387 e. The van der Waals surface area contributed by atoms with Crippen molar-refractivity contribution < 1.29 is 9.90 Å². The van der Waals surface area contributed by atoms with Crippen molar-refractivity contribution in [2.75, 3.05) is 6.54 Å². The maximum Gasteiger partial charge on any atom is 0.224 e. The fraction of sp³-hybridized carbons (Fsp3) is 0.611. The lowest BCUT2D eigenvalue weighted by Gasteiger charge is -2.41. The van der Waals surface area contributed by atoms with Crippen LogP contribution in [0.25, 0.3) is 0 Å². The number of carbonyl (C=O) groups is 1. The van der Waals surface area contributed by atoms with Gasteiger partial charge in [0.05, 0.1) is 6.10 Å². The van der Waals surface area contributed by atoms with Gasteiger partial charge in [0.2, 0.25) is 5.91 Å². The molecule has 1 aliphatic carbocycles. The van der Waals surface area contributed by atoms with E-state index in [1.54, 1.807) is 0 Å². The zero-order valence-corrected chi connectivity index (χ0v) is 13.3. The fourth-order valence-electron chi connectivity index (χ4n) is 3.69. The number of nitrogens with one attached hydrogen (secondary N) is 1. The molecule has 1 aliphatic rings. The molecule has 1 aromatic carbocycles. The first-order chi connectivity index (χ1) is 9.92. The molecule has 1 fully saturated rings. The van der Waals surface area contributed by atoms with E-state index >= 15 is 0 Å². The number of amides is 1. The second-order valence-electron chi connectivity index (χ2n) is 7.01. The first-order valence-corrected chi connectivity index (χ1v) is 7.92. The molecule has 3 nitrogen and oxygen atoms in total. The smallest absolute Gasteiger partial charge is 0.224 e. The Morgan fingerprint density at radius 3 is 2.67 bits per heavy atom. The summed E-state index contributed by atoms with van der Waals surface area (Å²) in [5.74, 6) is 0.527. The zero-order valence-electron chi connectivity index (χ0n) is 13.3. The molecule has 116 valence electrons. The Labute approximate surface area is 127 Å².